The highest BCUT2D eigenvalue weighted by Crippen LogP contribution is 2.00. The highest BCUT2D eigenvalue weighted by molar-refractivity contribution is 6.17. The summed E-state index contributed by atoms with van der Waals surface area (Å²) in [5.74, 6) is 1.30. The molecule has 0 aliphatic heterocycles. The van der Waals surface area contributed by atoms with Crippen LogP contribution in [0.15, 0.2) is 29.2 Å². The van der Waals surface area contributed by atoms with Crippen LogP contribution >= 0.6 is 11.6 Å². The summed E-state index contributed by atoms with van der Waals surface area (Å²) in [6.45, 7) is 4.65. The fraction of sp³-hybridized carbons (Fsp3) is 0.583. The molecule has 0 saturated heterocycles. The molecular formula is C12H19ClN2O. The van der Waals surface area contributed by atoms with Gasteiger partial charge in [-0.25, -0.2) is 0 Å². The van der Waals surface area contributed by atoms with Crippen molar-refractivity contribution >= 4 is 11.6 Å². The molecule has 0 spiro atoms. The molecule has 0 fully saturated rings. The second-order valence-corrected chi connectivity index (χ2v) is 4.40. The Kier molecular flexibility index (Phi) is 6.19. The maximum absolute atomic E-state index is 11.4. The van der Waals surface area contributed by atoms with Crippen molar-refractivity contribution in [3.05, 3.63) is 34.7 Å². The van der Waals surface area contributed by atoms with E-state index in [-0.39, 0.29) is 5.56 Å². The first kappa shape index (κ1) is 13.3. The number of alkyl halides is 1. The van der Waals surface area contributed by atoms with Gasteiger partial charge < -0.3 is 9.88 Å². The Morgan fingerprint density at radius 2 is 2.31 bits per heavy atom. The maximum atomic E-state index is 11.4. The van der Waals surface area contributed by atoms with Crippen molar-refractivity contribution in [3.8, 4) is 0 Å². The van der Waals surface area contributed by atoms with Crippen LogP contribution in [0.1, 0.15) is 13.3 Å². The van der Waals surface area contributed by atoms with E-state index in [9.17, 15) is 4.79 Å². The van der Waals surface area contributed by atoms with Crippen LogP contribution in [-0.4, -0.2) is 23.5 Å². The number of hydrogen-bond donors (Lipinski definition) is 1. The zero-order chi connectivity index (χ0) is 11.8. The van der Waals surface area contributed by atoms with E-state index in [0.717, 1.165) is 19.5 Å². The van der Waals surface area contributed by atoms with Crippen LogP contribution in [0.4, 0.5) is 0 Å². The Balaban J connectivity index is 2.21. The van der Waals surface area contributed by atoms with Crippen LogP contribution in [0, 0.1) is 5.92 Å². The van der Waals surface area contributed by atoms with E-state index in [0.29, 0.717) is 18.3 Å². The van der Waals surface area contributed by atoms with E-state index in [1.165, 1.54) is 0 Å². The van der Waals surface area contributed by atoms with Crippen molar-refractivity contribution in [2.75, 3.05) is 19.0 Å². The predicted octanol–water partition coefficient (Wildman–Crippen LogP) is 1.70. The molecule has 16 heavy (non-hydrogen) atoms. The fourth-order valence-corrected chi connectivity index (χ4v) is 1.85. The van der Waals surface area contributed by atoms with E-state index in [1.807, 2.05) is 12.3 Å². The van der Waals surface area contributed by atoms with Crippen molar-refractivity contribution in [1.29, 1.82) is 0 Å². The molecule has 1 aromatic rings. The molecule has 1 N–H and O–H groups in total. The summed E-state index contributed by atoms with van der Waals surface area (Å²) in [6, 6.07) is 5.21. The van der Waals surface area contributed by atoms with E-state index in [4.69, 9.17) is 11.6 Å². The van der Waals surface area contributed by atoms with Crippen molar-refractivity contribution < 1.29 is 0 Å². The number of nitrogens with zero attached hydrogens (tertiary/aromatic N) is 1. The second-order valence-electron chi connectivity index (χ2n) is 4.02. The van der Waals surface area contributed by atoms with Crippen LogP contribution in [0.2, 0.25) is 0 Å². The number of hydrogen-bond acceptors (Lipinski definition) is 2. The van der Waals surface area contributed by atoms with E-state index < -0.39 is 0 Å². The molecule has 0 aliphatic carbocycles. The molecule has 0 amide bonds. The van der Waals surface area contributed by atoms with Crippen molar-refractivity contribution in [3.63, 3.8) is 0 Å². The Hall–Kier alpha value is -0.800. The lowest BCUT2D eigenvalue weighted by molar-refractivity contribution is 0.484. The van der Waals surface area contributed by atoms with Crippen LogP contribution in [0.5, 0.6) is 0 Å². The lowest BCUT2D eigenvalue weighted by Crippen LogP contribution is -2.28. The van der Waals surface area contributed by atoms with Gasteiger partial charge in [-0.05, 0) is 24.9 Å². The minimum Gasteiger partial charge on any atom is -0.315 e. The van der Waals surface area contributed by atoms with Gasteiger partial charge in [0.2, 0.25) is 0 Å². The lowest BCUT2D eigenvalue weighted by Gasteiger charge is -2.11. The van der Waals surface area contributed by atoms with Gasteiger partial charge in [-0.2, -0.15) is 0 Å². The van der Waals surface area contributed by atoms with Crippen LogP contribution in [-0.2, 0) is 6.54 Å². The van der Waals surface area contributed by atoms with E-state index in [2.05, 4.69) is 12.2 Å². The summed E-state index contributed by atoms with van der Waals surface area (Å²) in [5, 5.41) is 3.33. The number of halogens is 1. The van der Waals surface area contributed by atoms with Crippen LogP contribution in [0.25, 0.3) is 0 Å². The van der Waals surface area contributed by atoms with E-state index >= 15 is 0 Å². The first-order chi connectivity index (χ1) is 7.74. The number of aromatic nitrogens is 1. The summed E-state index contributed by atoms with van der Waals surface area (Å²) in [4.78, 5) is 11.4. The van der Waals surface area contributed by atoms with Gasteiger partial charge in [0.05, 0.1) is 0 Å². The number of rotatable bonds is 7. The highest BCUT2D eigenvalue weighted by Gasteiger charge is 2.00. The zero-order valence-corrected chi connectivity index (χ0v) is 10.4. The molecule has 0 aliphatic rings. The average molecular weight is 243 g/mol. The first-order valence-corrected chi connectivity index (χ1v) is 6.19. The fourth-order valence-electron chi connectivity index (χ4n) is 1.48. The van der Waals surface area contributed by atoms with Crippen molar-refractivity contribution in [1.82, 2.24) is 9.88 Å². The normalized spacial score (nSPS) is 12.6. The Morgan fingerprint density at radius 1 is 1.50 bits per heavy atom. The average Bonchev–Trinajstić information content (AvgIpc) is 2.27. The monoisotopic (exact) mass is 242 g/mol. The predicted molar refractivity (Wildman–Crippen MR) is 68.1 cm³/mol. The molecule has 1 unspecified atom stereocenters. The smallest absolute Gasteiger partial charge is 0.250 e. The summed E-state index contributed by atoms with van der Waals surface area (Å²) < 4.78 is 1.71. The zero-order valence-electron chi connectivity index (χ0n) is 9.66. The van der Waals surface area contributed by atoms with Gasteiger partial charge in [0.1, 0.15) is 0 Å². The quantitative estimate of drug-likeness (QED) is 0.584. The molecule has 1 aromatic heterocycles. The molecule has 3 nitrogen and oxygen atoms in total. The standard InChI is InChI=1S/C12H19ClN2O/c1-11(5-6-13)10-14-7-9-15-8-3-2-4-12(15)16/h2-4,8,11,14H,5-7,9-10H2,1H3. The largest absolute Gasteiger partial charge is 0.315 e. The number of nitrogens with one attached hydrogen (secondary N) is 1. The van der Waals surface area contributed by atoms with Crippen molar-refractivity contribution in [2.24, 2.45) is 5.92 Å². The maximum Gasteiger partial charge on any atom is 0.250 e. The summed E-state index contributed by atoms with van der Waals surface area (Å²) in [7, 11) is 0. The third kappa shape index (κ3) is 4.81. The molecular weight excluding hydrogens is 224 g/mol. The summed E-state index contributed by atoms with van der Waals surface area (Å²) in [5.41, 5.74) is 0.0538. The SMILES string of the molecule is CC(CCCl)CNCCn1ccccc1=O. The van der Waals surface area contributed by atoms with Gasteiger partial charge in [-0.3, -0.25) is 4.79 Å². The third-order valence-corrected chi connectivity index (χ3v) is 2.74. The summed E-state index contributed by atoms with van der Waals surface area (Å²) in [6.07, 6.45) is 2.84. The Labute approximate surface area is 101 Å². The lowest BCUT2D eigenvalue weighted by atomic mass is 10.1. The molecule has 90 valence electrons. The van der Waals surface area contributed by atoms with Crippen LogP contribution < -0.4 is 10.9 Å². The number of pyridine rings is 1. The molecule has 0 saturated carbocycles. The topological polar surface area (TPSA) is 34.0 Å². The second kappa shape index (κ2) is 7.47. The van der Waals surface area contributed by atoms with Gasteiger partial charge in [-0.1, -0.05) is 13.0 Å². The van der Waals surface area contributed by atoms with Crippen LogP contribution in [0.3, 0.4) is 0 Å². The Bertz CT molecular complexity index is 351. The first-order valence-electron chi connectivity index (χ1n) is 5.66. The molecule has 0 radical (unpaired) electrons. The van der Waals surface area contributed by atoms with Gasteiger partial charge >= 0.3 is 0 Å². The van der Waals surface area contributed by atoms with Gasteiger partial charge in [-0.15, -0.1) is 11.6 Å². The summed E-state index contributed by atoms with van der Waals surface area (Å²) >= 11 is 5.65. The van der Waals surface area contributed by atoms with Crippen molar-refractivity contribution in [2.45, 2.75) is 19.9 Å². The molecule has 4 heteroatoms. The van der Waals surface area contributed by atoms with E-state index in [1.54, 1.807) is 16.7 Å². The molecule has 1 rings (SSSR count). The molecule has 0 bridgehead atoms. The van der Waals surface area contributed by atoms with Gasteiger partial charge in [0.15, 0.2) is 0 Å². The minimum atomic E-state index is 0.0538. The molecule has 0 aromatic carbocycles. The van der Waals surface area contributed by atoms with Gasteiger partial charge in [0, 0.05) is 31.2 Å². The highest BCUT2D eigenvalue weighted by atomic mass is 35.5. The minimum absolute atomic E-state index is 0.0538. The molecule has 1 atom stereocenters. The third-order valence-electron chi connectivity index (χ3n) is 2.52. The van der Waals surface area contributed by atoms with Gasteiger partial charge in [0.25, 0.3) is 5.56 Å². The molecule has 1 heterocycles. The Morgan fingerprint density at radius 3 is 3.00 bits per heavy atom.